The van der Waals surface area contributed by atoms with Crippen LogP contribution in [0.4, 0.5) is 0 Å². The molecule has 0 fully saturated rings. The topological polar surface area (TPSA) is 52.0 Å². The summed E-state index contributed by atoms with van der Waals surface area (Å²) >= 11 is 3.01. The zero-order valence-electron chi connectivity index (χ0n) is 5.45. The summed E-state index contributed by atoms with van der Waals surface area (Å²) in [6.45, 7) is 0. The van der Waals surface area contributed by atoms with Gasteiger partial charge in [0, 0.05) is 23.9 Å². The maximum Gasteiger partial charge on any atom is 0.281 e. The molecule has 0 spiro atoms. The number of aromatic nitrogens is 2. The third kappa shape index (κ3) is 1.94. The second-order valence-electron chi connectivity index (χ2n) is 1.89. The average Bonchev–Trinajstić information content (AvgIpc) is 2.08. The maximum atomic E-state index is 10.7. The first-order valence-corrected chi connectivity index (χ1v) is 5.65. The Morgan fingerprint density at radius 2 is 2.27 bits per heavy atom. The molecular weight excluding hydrogens is 255 g/mol. The van der Waals surface area contributed by atoms with Gasteiger partial charge in [0.15, 0.2) is 0 Å². The van der Waals surface area contributed by atoms with Gasteiger partial charge in [-0.2, -0.15) is 5.10 Å². The van der Waals surface area contributed by atoms with E-state index in [4.69, 9.17) is 10.7 Å². The van der Waals surface area contributed by atoms with Gasteiger partial charge in [-0.3, -0.25) is 4.68 Å². The van der Waals surface area contributed by atoms with E-state index >= 15 is 0 Å². The van der Waals surface area contributed by atoms with Gasteiger partial charge in [0.2, 0.25) is 5.03 Å². The first-order valence-electron chi connectivity index (χ1n) is 2.55. The molecule has 0 saturated carbocycles. The minimum atomic E-state index is -3.72. The summed E-state index contributed by atoms with van der Waals surface area (Å²) in [5.74, 6) is 0. The standard InChI is InChI=1S/C4H4BrClN2O2S/c1-8-2-3(5)4(7-8)11(6,9)10/h2H,1H3. The molecule has 4 nitrogen and oxygen atoms in total. The second-order valence-corrected chi connectivity index (χ2v) is 5.23. The summed E-state index contributed by atoms with van der Waals surface area (Å²) in [5.41, 5.74) is 0. The molecule has 0 unspecified atom stereocenters. The molecule has 1 heterocycles. The van der Waals surface area contributed by atoms with Crippen LogP contribution in [0.2, 0.25) is 0 Å². The average molecular weight is 260 g/mol. The van der Waals surface area contributed by atoms with Crippen LogP contribution >= 0.6 is 26.6 Å². The summed E-state index contributed by atoms with van der Waals surface area (Å²) in [6, 6.07) is 0. The van der Waals surface area contributed by atoms with Crippen LogP contribution in [-0.2, 0) is 16.1 Å². The minimum Gasteiger partial charge on any atom is -0.273 e. The Labute approximate surface area is 76.7 Å². The zero-order chi connectivity index (χ0) is 8.65. The Morgan fingerprint density at radius 3 is 2.45 bits per heavy atom. The van der Waals surface area contributed by atoms with Gasteiger partial charge in [0.25, 0.3) is 9.05 Å². The monoisotopic (exact) mass is 258 g/mol. The van der Waals surface area contributed by atoms with E-state index < -0.39 is 9.05 Å². The van der Waals surface area contributed by atoms with Crippen LogP contribution < -0.4 is 0 Å². The molecule has 0 radical (unpaired) electrons. The van der Waals surface area contributed by atoms with Gasteiger partial charge in [-0.25, -0.2) is 8.42 Å². The molecule has 0 bridgehead atoms. The molecule has 1 aromatic rings. The largest absolute Gasteiger partial charge is 0.281 e. The summed E-state index contributed by atoms with van der Waals surface area (Å²) in [4.78, 5) is 0. The van der Waals surface area contributed by atoms with Crippen molar-refractivity contribution < 1.29 is 8.42 Å². The van der Waals surface area contributed by atoms with Crippen LogP contribution in [0.15, 0.2) is 15.7 Å². The predicted molar refractivity (Wildman–Crippen MR) is 43.9 cm³/mol. The smallest absolute Gasteiger partial charge is 0.273 e. The van der Waals surface area contributed by atoms with Crippen molar-refractivity contribution in [3.05, 3.63) is 10.7 Å². The third-order valence-electron chi connectivity index (χ3n) is 0.984. The van der Waals surface area contributed by atoms with Crippen LogP contribution in [0.5, 0.6) is 0 Å². The van der Waals surface area contributed by atoms with Gasteiger partial charge >= 0.3 is 0 Å². The highest BCUT2D eigenvalue weighted by Crippen LogP contribution is 2.22. The fourth-order valence-electron chi connectivity index (χ4n) is 0.604. The van der Waals surface area contributed by atoms with Crippen molar-refractivity contribution in [2.75, 3.05) is 0 Å². The molecular formula is C4H4BrClN2O2S. The van der Waals surface area contributed by atoms with Crippen LogP contribution in [0.3, 0.4) is 0 Å². The van der Waals surface area contributed by atoms with Crippen molar-refractivity contribution in [3.63, 3.8) is 0 Å². The van der Waals surface area contributed by atoms with Gasteiger partial charge in [-0.05, 0) is 15.9 Å². The third-order valence-corrected chi connectivity index (χ3v) is 3.03. The molecule has 0 atom stereocenters. The van der Waals surface area contributed by atoms with E-state index in [9.17, 15) is 8.42 Å². The van der Waals surface area contributed by atoms with Crippen molar-refractivity contribution in [2.24, 2.45) is 7.05 Å². The lowest BCUT2D eigenvalue weighted by Gasteiger charge is -1.87. The van der Waals surface area contributed by atoms with Gasteiger partial charge in [0.1, 0.15) is 0 Å². The number of halogens is 2. The molecule has 0 aliphatic rings. The lowest BCUT2D eigenvalue weighted by atomic mass is 10.7. The van der Waals surface area contributed by atoms with Gasteiger partial charge in [0.05, 0.1) is 4.47 Å². The maximum absolute atomic E-state index is 10.7. The van der Waals surface area contributed by atoms with Gasteiger partial charge < -0.3 is 0 Å². The van der Waals surface area contributed by atoms with E-state index in [1.165, 1.54) is 10.9 Å². The second kappa shape index (κ2) is 2.76. The number of rotatable bonds is 1. The van der Waals surface area contributed by atoms with Crippen LogP contribution in [0.1, 0.15) is 0 Å². The quantitative estimate of drug-likeness (QED) is 0.710. The van der Waals surface area contributed by atoms with E-state index in [1.54, 1.807) is 7.05 Å². The Bertz CT molecular complexity index is 371. The zero-order valence-corrected chi connectivity index (χ0v) is 8.61. The normalized spacial score (nSPS) is 11.9. The summed E-state index contributed by atoms with van der Waals surface area (Å²) in [6.07, 6.45) is 1.51. The van der Waals surface area contributed by atoms with E-state index in [0.717, 1.165) is 0 Å². The van der Waals surface area contributed by atoms with Crippen molar-refractivity contribution in [1.82, 2.24) is 9.78 Å². The number of aryl methyl sites for hydroxylation is 1. The number of nitrogens with zero attached hydrogens (tertiary/aromatic N) is 2. The van der Waals surface area contributed by atoms with Crippen molar-refractivity contribution in [2.45, 2.75) is 5.03 Å². The molecule has 0 aromatic carbocycles. The Balaban J connectivity index is 3.36. The van der Waals surface area contributed by atoms with Crippen molar-refractivity contribution in [1.29, 1.82) is 0 Å². The van der Waals surface area contributed by atoms with Gasteiger partial charge in [-0.15, -0.1) is 0 Å². The van der Waals surface area contributed by atoms with Crippen molar-refractivity contribution >= 4 is 35.7 Å². The molecule has 0 saturated heterocycles. The Kier molecular flexibility index (Phi) is 2.27. The SMILES string of the molecule is Cn1cc(Br)c(S(=O)(=O)Cl)n1. The molecule has 0 aliphatic carbocycles. The van der Waals surface area contributed by atoms with Gasteiger partial charge in [-0.1, -0.05) is 0 Å². The minimum absolute atomic E-state index is 0.151. The first-order chi connectivity index (χ1) is 4.91. The fourth-order valence-corrected chi connectivity index (χ4v) is 2.75. The molecule has 1 rings (SSSR count). The summed E-state index contributed by atoms with van der Waals surface area (Å²) < 4.78 is 23.2. The molecule has 62 valence electrons. The molecule has 0 amide bonds. The van der Waals surface area contributed by atoms with E-state index in [-0.39, 0.29) is 5.03 Å². The Morgan fingerprint density at radius 1 is 1.73 bits per heavy atom. The first kappa shape index (κ1) is 9.02. The Hall–Kier alpha value is -0.0700. The predicted octanol–water partition coefficient (Wildman–Crippen LogP) is 1.11. The fraction of sp³-hybridized carbons (Fsp3) is 0.250. The highest BCUT2D eigenvalue weighted by Gasteiger charge is 2.17. The molecule has 0 aliphatic heterocycles. The van der Waals surface area contributed by atoms with Crippen LogP contribution in [0, 0.1) is 0 Å². The summed E-state index contributed by atoms with van der Waals surface area (Å²) in [7, 11) is 2.93. The molecule has 11 heavy (non-hydrogen) atoms. The van der Waals surface area contributed by atoms with E-state index in [1.807, 2.05) is 0 Å². The molecule has 7 heteroatoms. The number of hydrogen-bond acceptors (Lipinski definition) is 3. The summed E-state index contributed by atoms with van der Waals surface area (Å²) in [5, 5.41) is 3.48. The lowest BCUT2D eigenvalue weighted by Crippen LogP contribution is -1.94. The van der Waals surface area contributed by atoms with E-state index in [2.05, 4.69) is 21.0 Å². The van der Waals surface area contributed by atoms with Crippen molar-refractivity contribution in [3.8, 4) is 0 Å². The molecule has 1 aromatic heterocycles. The molecule has 0 N–H and O–H groups in total. The van der Waals surface area contributed by atoms with E-state index in [0.29, 0.717) is 4.47 Å². The van der Waals surface area contributed by atoms with Crippen LogP contribution in [0.25, 0.3) is 0 Å². The lowest BCUT2D eigenvalue weighted by molar-refractivity contribution is 0.601. The number of hydrogen-bond donors (Lipinski definition) is 0. The highest BCUT2D eigenvalue weighted by molar-refractivity contribution is 9.10. The highest BCUT2D eigenvalue weighted by atomic mass is 79.9. The van der Waals surface area contributed by atoms with Crippen LogP contribution in [-0.4, -0.2) is 18.2 Å².